The van der Waals surface area contributed by atoms with Crippen molar-refractivity contribution in [1.29, 1.82) is 0 Å². The Balaban J connectivity index is 1.31. The van der Waals surface area contributed by atoms with Crippen LogP contribution >= 0.6 is 11.3 Å². The van der Waals surface area contributed by atoms with Crippen molar-refractivity contribution < 1.29 is 19.1 Å². The zero-order valence-corrected chi connectivity index (χ0v) is 16.1. The highest BCUT2D eigenvalue weighted by Crippen LogP contribution is 2.37. The average Bonchev–Trinajstić information content (AvgIpc) is 3.38. The molecule has 2 N–H and O–H groups in total. The maximum atomic E-state index is 12.3. The summed E-state index contributed by atoms with van der Waals surface area (Å²) in [5.41, 5.74) is 1.84. The molecule has 0 bridgehead atoms. The Hall–Kier alpha value is -2.87. The maximum Gasteiger partial charge on any atom is 0.338 e. The number of nitrogens with zero attached hydrogens (tertiary/aromatic N) is 1. The molecule has 2 aliphatic rings. The highest BCUT2D eigenvalue weighted by atomic mass is 32.1. The molecule has 0 saturated carbocycles. The number of carbonyl (C=O) groups excluding carboxylic acids is 3. The topological polar surface area (TPSA) is 87.7 Å². The number of esters is 1. The van der Waals surface area contributed by atoms with Gasteiger partial charge in [-0.05, 0) is 48.9 Å². The Morgan fingerprint density at radius 3 is 3.04 bits per heavy atom. The summed E-state index contributed by atoms with van der Waals surface area (Å²) in [7, 11) is 0. The molecule has 1 atom stereocenters. The summed E-state index contributed by atoms with van der Waals surface area (Å²) in [6.07, 6.45) is 2.57. The molecule has 1 saturated heterocycles. The summed E-state index contributed by atoms with van der Waals surface area (Å²) in [5.74, 6) is -0.967. The molecule has 28 heavy (non-hydrogen) atoms. The van der Waals surface area contributed by atoms with Gasteiger partial charge < -0.3 is 20.3 Å². The van der Waals surface area contributed by atoms with E-state index in [-0.39, 0.29) is 24.5 Å². The highest BCUT2D eigenvalue weighted by molar-refractivity contribution is 7.09. The molecule has 8 heteroatoms. The molecule has 2 amide bonds. The Morgan fingerprint density at radius 1 is 1.32 bits per heavy atom. The molecular formula is C20H21N3O4S. The van der Waals surface area contributed by atoms with E-state index in [4.69, 9.17) is 4.74 Å². The zero-order chi connectivity index (χ0) is 19.5. The predicted octanol–water partition coefficient (Wildman–Crippen LogP) is 2.18. The SMILES string of the molecule is O=C(COC(=O)c1ccc2c(c1)NC(=O)[C@@H]1CCCN21)NCCc1cccs1. The van der Waals surface area contributed by atoms with Crippen molar-refractivity contribution in [3.8, 4) is 0 Å². The third-order valence-electron chi connectivity index (χ3n) is 4.96. The van der Waals surface area contributed by atoms with Crippen molar-refractivity contribution in [2.24, 2.45) is 0 Å². The summed E-state index contributed by atoms with van der Waals surface area (Å²) in [6, 6.07) is 8.96. The molecule has 1 aromatic heterocycles. The second-order valence-corrected chi connectivity index (χ2v) is 7.86. The zero-order valence-electron chi connectivity index (χ0n) is 15.3. The van der Waals surface area contributed by atoms with E-state index in [2.05, 4.69) is 15.5 Å². The van der Waals surface area contributed by atoms with Gasteiger partial charge in [0.1, 0.15) is 6.04 Å². The van der Waals surface area contributed by atoms with Crippen molar-refractivity contribution >= 4 is 40.5 Å². The summed E-state index contributed by atoms with van der Waals surface area (Å²) in [5, 5.41) is 7.59. The summed E-state index contributed by atoms with van der Waals surface area (Å²) in [6.45, 7) is 1.00. The molecular weight excluding hydrogens is 378 g/mol. The van der Waals surface area contributed by atoms with Crippen LogP contribution in [0.1, 0.15) is 28.1 Å². The standard InChI is InChI=1S/C20H21N3O4S/c24-18(21-8-7-14-3-2-10-28-14)12-27-20(26)13-5-6-16-15(11-13)22-19(25)17-4-1-9-23(16)17/h2-3,5-6,10-11,17H,1,4,7-9,12H2,(H,21,24)(H,22,25)/t17-/m0/s1. The number of hydrogen-bond acceptors (Lipinski definition) is 6. The van der Waals surface area contributed by atoms with Gasteiger partial charge in [0.2, 0.25) is 5.91 Å². The van der Waals surface area contributed by atoms with Crippen molar-refractivity contribution in [2.75, 3.05) is 29.9 Å². The third-order valence-corrected chi connectivity index (χ3v) is 5.90. The Morgan fingerprint density at radius 2 is 2.21 bits per heavy atom. The van der Waals surface area contributed by atoms with Crippen LogP contribution in [0.5, 0.6) is 0 Å². The van der Waals surface area contributed by atoms with E-state index in [0.717, 1.165) is 31.5 Å². The lowest BCUT2D eigenvalue weighted by molar-refractivity contribution is -0.124. The lowest BCUT2D eigenvalue weighted by Crippen LogP contribution is -2.43. The molecule has 4 rings (SSSR count). The van der Waals surface area contributed by atoms with Crippen LogP contribution < -0.4 is 15.5 Å². The first-order valence-electron chi connectivity index (χ1n) is 9.29. The minimum absolute atomic E-state index is 0.0411. The number of rotatable bonds is 6. The molecule has 1 fully saturated rings. The number of fused-ring (bicyclic) bond motifs is 3. The number of thiophene rings is 1. The quantitative estimate of drug-likeness (QED) is 0.727. The first kappa shape index (κ1) is 18.5. The van der Waals surface area contributed by atoms with Crippen LogP contribution in [0.3, 0.4) is 0 Å². The van der Waals surface area contributed by atoms with Crippen LogP contribution in [0.25, 0.3) is 0 Å². The van der Waals surface area contributed by atoms with E-state index in [1.807, 2.05) is 23.6 Å². The van der Waals surface area contributed by atoms with E-state index in [1.165, 1.54) is 4.88 Å². The molecule has 146 valence electrons. The second kappa shape index (κ2) is 8.02. The molecule has 1 aromatic carbocycles. The molecule has 2 aliphatic heterocycles. The number of carbonyl (C=O) groups is 3. The van der Waals surface area contributed by atoms with Crippen LogP contribution in [0, 0.1) is 0 Å². The van der Waals surface area contributed by atoms with Crippen LogP contribution in [0.4, 0.5) is 11.4 Å². The Kier molecular flexibility index (Phi) is 5.29. The van der Waals surface area contributed by atoms with Gasteiger partial charge in [-0.2, -0.15) is 0 Å². The number of ether oxygens (including phenoxy) is 1. The van der Waals surface area contributed by atoms with Gasteiger partial charge in [-0.1, -0.05) is 6.07 Å². The molecule has 3 heterocycles. The van der Waals surface area contributed by atoms with Gasteiger partial charge in [0.15, 0.2) is 6.61 Å². The summed E-state index contributed by atoms with van der Waals surface area (Å²) in [4.78, 5) is 39.6. The number of amides is 2. The van der Waals surface area contributed by atoms with E-state index in [1.54, 1.807) is 23.5 Å². The first-order chi connectivity index (χ1) is 13.6. The molecule has 7 nitrogen and oxygen atoms in total. The molecule has 2 aromatic rings. The van der Waals surface area contributed by atoms with Crippen LogP contribution in [0.2, 0.25) is 0 Å². The minimum Gasteiger partial charge on any atom is -0.452 e. The molecule has 0 unspecified atom stereocenters. The van der Waals surface area contributed by atoms with Gasteiger partial charge in [-0.3, -0.25) is 9.59 Å². The number of anilines is 2. The molecule has 0 aliphatic carbocycles. The predicted molar refractivity (Wildman–Crippen MR) is 107 cm³/mol. The second-order valence-electron chi connectivity index (χ2n) is 6.83. The van der Waals surface area contributed by atoms with E-state index < -0.39 is 5.97 Å². The van der Waals surface area contributed by atoms with Gasteiger partial charge in [0, 0.05) is 18.0 Å². The van der Waals surface area contributed by atoms with Gasteiger partial charge in [0.25, 0.3) is 5.91 Å². The van der Waals surface area contributed by atoms with Crippen molar-refractivity contribution in [2.45, 2.75) is 25.3 Å². The Labute approximate surface area is 166 Å². The highest BCUT2D eigenvalue weighted by Gasteiger charge is 2.36. The van der Waals surface area contributed by atoms with Crippen molar-refractivity contribution in [1.82, 2.24) is 5.32 Å². The van der Waals surface area contributed by atoms with Crippen LogP contribution in [0.15, 0.2) is 35.7 Å². The molecule has 0 spiro atoms. The smallest absolute Gasteiger partial charge is 0.338 e. The van der Waals surface area contributed by atoms with E-state index in [9.17, 15) is 14.4 Å². The average molecular weight is 399 g/mol. The molecule has 0 radical (unpaired) electrons. The van der Waals surface area contributed by atoms with Crippen LogP contribution in [-0.2, 0) is 20.7 Å². The normalized spacial score (nSPS) is 17.5. The van der Waals surface area contributed by atoms with Crippen LogP contribution in [-0.4, -0.2) is 43.5 Å². The Bertz CT molecular complexity index is 897. The lowest BCUT2D eigenvalue weighted by atomic mass is 10.1. The van der Waals surface area contributed by atoms with Crippen molar-refractivity contribution in [3.05, 3.63) is 46.2 Å². The minimum atomic E-state index is -0.589. The fourth-order valence-corrected chi connectivity index (χ4v) is 4.31. The summed E-state index contributed by atoms with van der Waals surface area (Å²) >= 11 is 1.64. The number of hydrogen-bond donors (Lipinski definition) is 2. The number of nitrogens with one attached hydrogen (secondary N) is 2. The van der Waals surface area contributed by atoms with E-state index in [0.29, 0.717) is 17.8 Å². The third kappa shape index (κ3) is 3.87. The lowest BCUT2D eigenvalue weighted by Gasteiger charge is -2.33. The van der Waals surface area contributed by atoms with Gasteiger partial charge in [-0.25, -0.2) is 4.79 Å². The number of benzene rings is 1. The van der Waals surface area contributed by atoms with Gasteiger partial charge >= 0.3 is 5.97 Å². The fraction of sp³-hybridized carbons (Fsp3) is 0.350. The first-order valence-corrected chi connectivity index (χ1v) is 10.2. The van der Waals surface area contributed by atoms with E-state index >= 15 is 0 Å². The monoisotopic (exact) mass is 399 g/mol. The largest absolute Gasteiger partial charge is 0.452 e. The maximum absolute atomic E-state index is 12.3. The van der Waals surface area contributed by atoms with Gasteiger partial charge in [-0.15, -0.1) is 11.3 Å². The van der Waals surface area contributed by atoms with Crippen molar-refractivity contribution in [3.63, 3.8) is 0 Å². The summed E-state index contributed by atoms with van der Waals surface area (Å²) < 4.78 is 5.11. The fourth-order valence-electron chi connectivity index (χ4n) is 3.60. The van der Waals surface area contributed by atoms with Gasteiger partial charge in [0.05, 0.1) is 16.9 Å².